The van der Waals surface area contributed by atoms with Gasteiger partial charge in [-0.2, -0.15) is 0 Å². The van der Waals surface area contributed by atoms with Crippen molar-refractivity contribution in [1.29, 1.82) is 0 Å². The molecule has 2 nitrogen and oxygen atoms in total. The Morgan fingerprint density at radius 3 is 2.35 bits per heavy atom. The van der Waals surface area contributed by atoms with Crippen molar-refractivity contribution < 1.29 is 9.84 Å². The average molecular weight is 234 g/mol. The lowest BCUT2D eigenvalue weighted by Gasteiger charge is -2.25. The van der Waals surface area contributed by atoms with Crippen LogP contribution in [-0.2, 0) is 0 Å². The van der Waals surface area contributed by atoms with E-state index in [1.165, 1.54) is 5.56 Å². The van der Waals surface area contributed by atoms with E-state index in [1.807, 2.05) is 0 Å². The molecule has 1 aliphatic carbocycles. The number of aliphatic hydroxyl groups is 1. The van der Waals surface area contributed by atoms with Gasteiger partial charge in [0, 0.05) is 0 Å². The minimum absolute atomic E-state index is 0.0709. The van der Waals surface area contributed by atoms with Crippen LogP contribution in [0.2, 0.25) is 0 Å². The van der Waals surface area contributed by atoms with Crippen LogP contribution in [0, 0.1) is 0 Å². The maximum absolute atomic E-state index is 9.50. The summed E-state index contributed by atoms with van der Waals surface area (Å²) in [6.45, 7) is 2.90. The lowest BCUT2D eigenvalue weighted by Crippen LogP contribution is -2.16. The highest BCUT2D eigenvalue weighted by Crippen LogP contribution is 2.33. The van der Waals surface area contributed by atoms with Gasteiger partial charge in [-0.05, 0) is 55.7 Å². The zero-order valence-corrected chi connectivity index (χ0v) is 10.6. The Balaban J connectivity index is 1.93. The van der Waals surface area contributed by atoms with Crippen LogP contribution in [0.1, 0.15) is 50.5 Å². The van der Waals surface area contributed by atoms with Crippen LogP contribution in [-0.4, -0.2) is 17.8 Å². The van der Waals surface area contributed by atoms with Gasteiger partial charge < -0.3 is 9.84 Å². The third-order valence-corrected chi connectivity index (χ3v) is 3.52. The maximum Gasteiger partial charge on any atom is 0.119 e. The number of rotatable bonds is 4. The standard InChI is InChI=1S/C15H22O2/c1-2-11-17-15-9-5-13(6-10-15)12-3-7-14(16)8-4-12/h5-6,9-10,12,14,16H,2-4,7-8,11H2,1H3. The molecule has 2 heteroatoms. The van der Waals surface area contributed by atoms with Crippen LogP contribution in [0.25, 0.3) is 0 Å². The summed E-state index contributed by atoms with van der Waals surface area (Å²) in [6.07, 6.45) is 5.07. The summed E-state index contributed by atoms with van der Waals surface area (Å²) in [5.41, 5.74) is 1.39. The Morgan fingerprint density at radius 2 is 1.76 bits per heavy atom. The first kappa shape index (κ1) is 12.4. The number of ether oxygens (including phenoxy) is 1. The van der Waals surface area contributed by atoms with Crippen LogP contribution in [0.4, 0.5) is 0 Å². The molecule has 1 aromatic rings. The van der Waals surface area contributed by atoms with E-state index < -0.39 is 0 Å². The predicted molar refractivity (Wildman–Crippen MR) is 69.4 cm³/mol. The van der Waals surface area contributed by atoms with E-state index in [4.69, 9.17) is 4.74 Å². The Labute approximate surface area is 104 Å². The van der Waals surface area contributed by atoms with Gasteiger partial charge in [0.2, 0.25) is 0 Å². The van der Waals surface area contributed by atoms with Gasteiger partial charge >= 0.3 is 0 Å². The molecule has 1 fully saturated rings. The second-order valence-electron chi connectivity index (χ2n) is 4.92. The van der Waals surface area contributed by atoms with E-state index in [-0.39, 0.29) is 6.10 Å². The molecule has 0 aromatic heterocycles. The molecule has 17 heavy (non-hydrogen) atoms. The van der Waals surface area contributed by atoms with Crippen molar-refractivity contribution in [2.45, 2.75) is 51.0 Å². The van der Waals surface area contributed by atoms with E-state index >= 15 is 0 Å². The lowest BCUT2D eigenvalue weighted by atomic mass is 9.83. The van der Waals surface area contributed by atoms with E-state index in [2.05, 4.69) is 31.2 Å². The van der Waals surface area contributed by atoms with E-state index in [0.717, 1.165) is 44.5 Å². The summed E-state index contributed by atoms with van der Waals surface area (Å²) in [4.78, 5) is 0. The van der Waals surface area contributed by atoms with Gasteiger partial charge in [-0.15, -0.1) is 0 Å². The molecular weight excluding hydrogens is 212 g/mol. The number of aliphatic hydroxyl groups excluding tert-OH is 1. The largest absolute Gasteiger partial charge is 0.494 e. The van der Waals surface area contributed by atoms with Crippen molar-refractivity contribution in [3.05, 3.63) is 29.8 Å². The van der Waals surface area contributed by atoms with Gasteiger partial charge in [0.05, 0.1) is 12.7 Å². The topological polar surface area (TPSA) is 29.5 Å². The fourth-order valence-electron chi connectivity index (χ4n) is 2.47. The highest BCUT2D eigenvalue weighted by Gasteiger charge is 2.20. The third-order valence-electron chi connectivity index (χ3n) is 3.52. The fourth-order valence-corrected chi connectivity index (χ4v) is 2.47. The second kappa shape index (κ2) is 6.06. The summed E-state index contributed by atoms with van der Waals surface area (Å²) in [5.74, 6) is 1.59. The molecule has 1 saturated carbocycles. The van der Waals surface area contributed by atoms with Gasteiger partial charge in [-0.1, -0.05) is 19.1 Å². The molecule has 0 radical (unpaired) electrons. The van der Waals surface area contributed by atoms with Crippen LogP contribution < -0.4 is 4.74 Å². The molecule has 2 rings (SSSR count). The Bertz CT molecular complexity index is 323. The molecule has 1 aromatic carbocycles. The molecule has 94 valence electrons. The molecule has 0 bridgehead atoms. The zero-order valence-electron chi connectivity index (χ0n) is 10.6. The molecule has 0 amide bonds. The van der Waals surface area contributed by atoms with Gasteiger partial charge in [-0.25, -0.2) is 0 Å². The van der Waals surface area contributed by atoms with Gasteiger partial charge in [0.1, 0.15) is 5.75 Å². The SMILES string of the molecule is CCCOc1ccc(C2CCC(O)CC2)cc1. The third kappa shape index (κ3) is 3.47. The maximum atomic E-state index is 9.50. The first-order chi connectivity index (χ1) is 8.29. The molecular formula is C15H22O2. The lowest BCUT2D eigenvalue weighted by molar-refractivity contribution is 0.122. The quantitative estimate of drug-likeness (QED) is 0.864. The summed E-state index contributed by atoms with van der Waals surface area (Å²) in [7, 11) is 0. The molecule has 1 N–H and O–H groups in total. The van der Waals surface area contributed by atoms with Crippen molar-refractivity contribution in [1.82, 2.24) is 0 Å². The molecule has 0 atom stereocenters. The average Bonchev–Trinajstić information content (AvgIpc) is 2.38. The number of benzene rings is 1. The van der Waals surface area contributed by atoms with Crippen LogP contribution in [0.15, 0.2) is 24.3 Å². The van der Waals surface area contributed by atoms with E-state index in [1.54, 1.807) is 0 Å². The predicted octanol–water partition coefficient (Wildman–Crippen LogP) is 3.49. The number of hydrogen-bond acceptors (Lipinski definition) is 2. The second-order valence-corrected chi connectivity index (χ2v) is 4.92. The normalized spacial score (nSPS) is 24.6. The minimum Gasteiger partial charge on any atom is -0.494 e. The Kier molecular flexibility index (Phi) is 4.43. The Morgan fingerprint density at radius 1 is 1.12 bits per heavy atom. The Hall–Kier alpha value is -1.02. The van der Waals surface area contributed by atoms with E-state index in [0.29, 0.717) is 5.92 Å². The molecule has 0 spiro atoms. The smallest absolute Gasteiger partial charge is 0.119 e. The molecule has 0 unspecified atom stereocenters. The highest BCUT2D eigenvalue weighted by molar-refractivity contribution is 5.29. The van der Waals surface area contributed by atoms with Crippen LogP contribution in [0.5, 0.6) is 5.75 Å². The van der Waals surface area contributed by atoms with Crippen LogP contribution in [0.3, 0.4) is 0 Å². The van der Waals surface area contributed by atoms with Gasteiger partial charge in [0.25, 0.3) is 0 Å². The fraction of sp³-hybridized carbons (Fsp3) is 0.600. The monoisotopic (exact) mass is 234 g/mol. The summed E-state index contributed by atoms with van der Waals surface area (Å²) >= 11 is 0. The van der Waals surface area contributed by atoms with E-state index in [9.17, 15) is 5.11 Å². The van der Waals surface area contributed by atoms with Gasteiger partial charge in [0.15, 0.2) is 0 Å². The molecule has 1 aliphatic rings. The van der Waals surface area contributed by atoms with Crippen molar-refractivity contribution in [3.8, 4) is 5.75 Å². The minimum atomic E-state index is -0.0709. The zero-order chi connectivity index (χ0) is 12.1. The number of hydrogen-bond donors (Lipinski definition) is 1. The van der Waals surface area contributed by atoms with Crippen molar-refractivity contribution in [2.75, 3.05) is 6.61 Å². The molecule has 0 heterocycles. The first-order valence-corrected chi connectivity index (χ1v) is 6.70. The van der Waals surface area contributed by atoms with Gasteiger partial charge in [-0.3, -0.25) is 0 Å². The first-order valence-electron chi connectivity index (χ1n) is 6.70. The molecule has 0 aliphatic heterocycles. The summed E-state index contributed by atoms with van der Waals surface area (Å²) in [5, 5.41) is 9.50. The summed E-state index contributed by atoms with van der Waals surface area (Å²) in [6, 6.07) is 8.48. The molecule has 0 saturated heterocycles. The van der Waals surface area contributed by atoms with Crippen molar-refractivity contribution in [2.24, 2.45) is 0 Å². The highest BCUT2D eigenvalue weighted by atomic mass is 16.5. The van der Waals surface area contributed by atoms with Crippen molar-refractivity contribution in [3.63, 3.8) is 0 Å². The van der Waals surface area contributed by atoms with Crippen LogP contribution >= 0.6 is 0 Å². The van der Waals surface area contributed by atoms with Crippen molar-refractivity contribution >= 4 is 0 Å². The summed E-state index contributed by atoms with van der Waals surface area (Å²) < 4.78 is 5.57.